The molecule has 1 rings (SSSR count). The molecule has 0 saturated carbocycles. The van der Waals surface area contributed by atoms with Gasteiger partial charge in [-0.1, -0.05) is 13.8 Å². The SMILES string of the molecule is CC(C)NCCCC(=O)N1CCC(C(=O)O)C1C. The van der Waals surface area contributed by atoms with Gasteiger partial charge >= 0.3 is 5.97 Å². The Labute approximate surface area is 109 Å². The van der Waals surface area contributed by atoms with Crippen molar-refractivity contribution in [3.63, 3.8) is 0 Å². The highest BCUT2D eigenvalue weighted by Crippen LogP contribution is 2.25. The van der Waals surface area contributed by atoms with E-state index in [9.17, 15) is 9.59 Å². The Bertz CT molecular complexity index is 305. The smallest absolute Gasteiger partial charge is 0.308 e. The van der Waals surface area contributed by atoms with Gasteiger partial charge in [-0.3, -0.25) is 9.59 Å². The number of hydrogen-bond acceptors (Lipinski definition) is 3. The van der Waals surface area contributed by atoms with Gasteiger partial charge in [0.1, 0.15) is 0 Å². The first-order valence-corrected chi connectivity index (χ1v) is 6.69. The van der Waals surface area contributed by atoms with Crippen molar-refractivity contribution in [2.75, 3.05) is 13.1 Å². The molecule has 104 valence electrons. The Hall–Kier alpha value is -1.10. The molecule has 18 heavy (non-hydrogen) atoms. The number of rotatable bonds is 6. The summed E-state index contributed by atoms with van der Waals surface area (Å²) in [4.78, 5) is 24.7. The third kappa shape index (κ3) is 3.98. The van der Waals surface area contributed by atoms with Crippen LogP contribution in [0.15, 0.2) is 0 Å². The van der Waals surface area contributed by atoms with Crippen LogP contribution in [0.3, 0.4) is 0 Å². The molecule has 0 bridgehead atoms. The van der Waals surface area contributed by atoms with Crippen LogP contribution in [0.5, 0.6) is 0 Å². The van der Waals surface area contributed by atoms with Crippen LogP contribution in [-0.2, 0) is 9.59 Å². The van der Waals surface area contributed by atoms with Gasteiger partial charge in [0.2, 0.25) is 5.91 Å². The Balaban J connectivity index is 2.32. The molecular formula is C13H24N2O3. The highest BCUT2D eigenvalue weighted by Gasteiger charge is 2.37. The number of nitrogens with one attached hydrogen (secondary N) is 1. The molecule has 1 aliphatic heterocycles. The van der Waals surface area contributed by atoms with E-state index in [4.69, 9.17) is 5.11 Å². The molecule has 1 fully saturated rings. The van der Waals surface area contributed by atoms with Crippen molar-refractivity contribution >= 4 is 11.9 Å². The summed E-state index contributed by atoms with van der Waals surface area (Å²) in [7, 11) is 0. The second kappa shape index (κ2) is 6.73. The lowest BCUT2D eigenvalue weighted by atomic mass is 10.0. The first-order chi connectivity index (χ1) is 8.43. The van der Waals surface area contributed by atoms with Crippen LogP contribution in [0, 0.1) is 5.92 Å². The van der Waals surface area contributed by atoms with E-state index in [0.29, 0.717) is 25.4 Å². The molecule has 2 N–H and O–H groups in total. The molecule has 0 aliphatic carbocycles. The van der Waals surface area contributed by atoms with Crippen molar-refractivity contribution in [3.8, 4) is 0 Å². The topological polar surface area (TPSA) is 69.6 Å². The van der Waals surface area contributed by atoms with Crippen molar-refractivity contribution in [1.82, 2.24) is 10.2 Å². The van der Waals surface area contributed by atoms with Gasteiger partial charge in [0.25, 0.3) is 0 Å². The van der Waals surface area contributed by atoms with Crippen LogP contribution in [0.1, 0.15) is 40.0 Å². The molecular weight excluding hydrogens is 232 g/mol. The number of carbonyl (C=O) groups excluding carboxylic acids is 1. The lowest BCUT2D eigenvalue weighted by Gasteiger charge is -2.23. The number of carboxylic acid groups (broad SMARTS) is 1. The van der Waals surface area contributed by atoms with Crippen molar-refractivity contribution < 1.29 is 14.7 Å². The van der Waals surface area contributed by atoms with E-state index in [1.54, 1.807) is 4.90 Å². The van der Waals surface area contributed by atoms with Gasteiger partial charge in [0, 0.05) is 25.0 Å². The first kappa shape index (κ1) is 15.0. The van der Waals surface area contributed by atoms with Crippen LogP contribution >= 0.6 is 0 Å². The summed E-state index contributed by atoms with van der Waals surface area (Å²) in [6.45, 7) is 7.38. The van der Waals surface area contributed by atoms with Crippen molar-refractivity contribution in [2.45, 2.75) is 52.1 Å². The van der Waals surface area contributed by atoms with E-state index in [1.807, 2.05) is 6.92 Å². The fourth-order valence-electron chi connectivity index (χ4n) is 2.40. The Morgan fingerprint density at radius 1 is 1.44 bits per heavy atom. The normalized spacial score (nSPS) is 23.7. The zero-order valence-corrected chi connectivity index (χ0v) is 11.5. The van der Waals surface area contributed by atoms with Crippen LogP contribution in [0.4, 0.5) is 0 Å². The molecule has 0 spiro atoms. The van der Waals surface area contributed by atoms with Crippen molar-refractivity contribution in [1.29, 1.82) is 0 Å². The van der Waals surface area contributed by atoms with Gasteiger partial charge < -0.3 is 15.3 Å². The van der Waals surface area contributed by atoms with Crippen molar-refractivity contribution in [2.24, 2.45) is 5.92 Å². The molecule has 0 aromatic heterocycles. The predicted octanol–water partition coefficient (Wildman–Crippen LogP) is 1.09. The molecule has 0 aromatic rings. The van der Waals surface area contributed by atoms with Crippen molar-refractivity contribution in [3.05, 3.63) is 0 Å². The van der Waals surface area contributed by atoms with Gasteiger partial charge in [0.05, 0.1) is 5.92 Å². The van der Waals surface area contributed by atoms with E-state index < -0.39 is 11.9 Å². The van der Waals surface area contributed by atoms with E-state index in [2.05, 4.69) is 19.2 Å². The average molecular weight is 256 g/mol. The molecule has 0 aromatic carbocycles. The zero-order chi connectivity index (χ0) is 13.7. The van der Waals surface area contributed by atoms with Crippen LogP contribution in [0.25, 0.3) is 0 Å². The maximum atomic E-state index is 12.0. The zero-order valence-electron chi connectivity index (χ0n) is 11.5. The molecule has 1 amide bonds. The number of hydrogen-bond donors (Lipinski definition) is 2. The minimum absolute atomic E-state index is 0.0804. The molecule has 1 heterocycles. The number of carboxylic acids is 1. The highest BCUT2D eigenvalue weighted by molar-refractivity contribution is 5.79. The number of likely N-dealkylation sites (tertiary alicyclic amines) is 1. The first-order valence-electron chi connectivity index (χ1n) is 6.69. The summed E-state index contributed by atoms with van der Waals surface area (Å²) in [5, 5.41) is 12.3. The van der Waals surface area contributed by atoms with E-state index in [0.717, 1.165) is 13.0 Å². The van der Waals surface area contributed by atoms with E-state index in [1.165, 1.54) is 0 Å². The number of aliphatic carboxylic acids is 1. The summed E-state index contributed by atoms with van der Waals surface area (Å²) in [5.41, 5.74) is 0. The summed E-state index contributed by atoms with van der Waals surface area (Å²) >= 11 is 0. The van der Waals surface area contributed by atoms with Gasteiger partial charge in [0.15, 0.2) is 0 Å². The molecule has 1 saturated heterocycles. The fourth-order valence-corrected chi connectivity index (χ4v) is 2.40. The summed E-state index contributed by atoms with van der Waals surface area (Å²) in [5.74, 6) is -1.11. The monoisotopic (exact) mass is 256 g/mol. The van der Waals surface area contributed by atoms with Crippen LogP contribution in [-0.4, -0.2) is 47.1 Å². The number of carbonyl (C=O) groups is 2. The van der Waals surface area contributed by atoms with Gasteiger partial charge in [-0.25, -0.2) is 0 Å². The fraction of sp³-hybridized carbons (Fsp3) is 0.846. The minimum Gasteiger partial charge on any atom is -0.481 e. The minimum atomic E-state index is -0.792. The quantitative estimate of drug-likeness (QED) is 0.698. The third-order valence-corrected chi connectivity index (χ3v) is 3.51. The molecule has 5 heteroatoms. The second-order valence-electron chi connectivity index (χ2n) is 5.27. The Morgan fingerprint density at radius 2 is 2.11 bits per heavy atom. The van der Waals surface area contributed by atoms with E-state index in [-0.39, 0.29) is 11.9 Å². The summed E-state index contributed by atoms with van der Waals surface area (Å²) < 4.78 is 0. The second-order valence-corrected chi connectivity index (χ2v) is 5.27. The third-order valence-electron chi connectivity index (χ3n) is 3.51. The highest BCUT2D eigenvalue weighted by atomic mass is 16.4. The van der Waals surface area contributed by atoms with Gasteiger partial charge in [-0.2, -0.15) is 0 Å². The predicted molar refractivity (Wildman–Crippen MR) is 69.3 cm³/mol. The lowest BCUT2D eigenvalue weighted by Crippen LogP contribution is -2.38. The average Bonchev–Trinajstić information content (AvgIpc) is 2.66. The molecule has 2 atom stereocenters. The molecule has 2 unspecified atom stereocenters. The van der Waals surface area contributed by atoms with Gasteiger partial charge in [-0.15, -0.1) is 0 Å². The molecule has 0 radical (unpaired) electrons. The van der Waals surface area contributed by atoms with Gasteiger partial charge in [-0.05, 0) is 26.3 Å². The Morgan fingerprint density at radius 3 is 2.61 bits per heavy atom. The molecule has 5 nitrogen and oxygen atoms in total. The maximum Gasteiger partial charge on any atom is 0.308 e. The standard InChI is InChI=1S/C13H24N2O3/c1-9(2)14-7-4-5-12(16)15-8-6-11(10(15)3)13(17)18/h9-11,14H,4-8H2,1-3H3,(H,17,18). The summed E-state index contributed by atoms with van der Waals surface area (Å²) in [6.07, 6.45) is 1.88. The lowest BCUT2D eigenvalue weighted by molar-refractivity contribution is -0.143. The van der Waals surface area contributed by atoms with E-state index >= 15 is 0 Å². The number of nitrogens with zero attached hydrogens (tertiary/aromatic N) is 1. The van der Waals surface area contributed by atoms with Crippen LogP contribution < -0.4 is 5.32 Å². The van der Waals surface area contributed by atoms with Crippen LogP contribution in [0.2, 0.25) is 0 Å². The largest absolute Gasteiger partial charge is 0.481 e. The Kier molecular flexibility index (Phi) is 5.59. The molecule has 1 aliphatic rings. The summed E-state index contributed by atoms with van der Waals surface area (Å²) in [6, 6.07) is 0.260. The maximum absolute atomic E-state index is 12.0. The number of amides is 1.